The molecule has 1 aromatic heterocycles. The van der Waals surface area contributed by atoms with Crippen LogP contribution in [-0.2, 0) is 13.0 Å². The molecule has 0 aliphatic heterocycles. The summed E-state index contributed by atoms with van der Waals surface area (Å²) in [6.45, 7) is 2.61. The number of aromatic nitrogens is 2. The third-order valence-corrected chi connectivity index (χ3v) is 2.81. The van der Waals surface area contributed by atoms with Crippen LogP contribution in [0.25, 0.3) is 0 Å². The Bertz CT molecular complexity index is 602. The standard InChI is InChI=1S/C14H13ClN4/c1-2-13-18-12(15)7-14(19-13)17-9-11-5-3-10(8-16)4-6-11/h3-7H,2,9H2,1H3,(H,17,18,19). The lowest BCUT2D eigenvalue weighted by Crippen LogP contribution is -2.04. The van der Waals surface area contributed by atoms with E-state index in [0.29, 0.717) is 23.1 Å². The van der Waals surface area contributed by atoms with E-state index in [1.165, 1.54) is 0 Å². The molecule has 0 aliphatic rings. The second-order valence-electron chi connectivity index (χ2n) is 4.01. The molecule has 2 aromatic rings. The Morgan fingerprint density at radius 2 is 2.00 bits per heavy atom. The zero-order valence-electron chi connectivity index (χ0n) is 10.5. The van der Waals surface area contributed by atoms with Crippen molar-refractivity contribution in [1.82, 2.24) is 9.97 Å². The van der Waals surface area contributed by atoms with Crippen LogP contribution in [0, 0.1) is 11.3 Å². The Morgan fingerprint density at radius 1 is 1.26 bits per heavy atom. The molecule has 96 valence electrons. The average molecular weight is 273 g/mol. The van der Waals surface area contributed by atoms with Crippen molar-refractivity contribution in [3.05, 3.63) is 52.4 Å². The van der Waals surface area contributed by atoms with Crippen LogP contribution in [0.3, 0.4) is 0 Å². The number of nitrogens with zero attached hydrogens (tertiary/aromatic N) is 3. The summed E-state index contributed by atoms with van der Waals surface area (Å²) in [4.78, 5) is 8.45. The van der Waals surface area contributed by atoms with Gasteiger partial charge in [0.05, 0.1) is 11.6 Å². The highest BCUT2D eigenvalue weighted by Crippen LogP contribution is 2.13. The number of benzene rings is 1. The van der Waals surface area contributed by atoms with Crippen LogP contribution in [0.4, 0.5) is 5.82 Å². The first-order valence-corrected chi connectivity index (χ1v) is 6.35. The minimum absolute atomic E-state index is 0.439. The number of hydrogen-bond donors (Lipinski definition) is 1. The molecule has 0 aliphatic carbocycles. The van der Waals surface area contributed by atoms with E-state index in [4.69, 9.17) is 16.9 Å². The summed E-state index contributed by atoms with van der Waals surface area (Å²) in [5.41, 5.74) is 1.73. The van der Waals surface area contributed by atoms with Gasteiger partial charge in [0, 0.05) is 19.0 Å². The number of nitrogens with one attached hydrogen (secondary N) is 1. The first kappa shape index (κ1) is 13.3. The van der Waals surface area contributed by atoms with Crippen molar-refractivity contribution in [2.75, 3.05) is 5.32 Å². The van der Waals surface area contributed by atoms with Crippen molar-refractivity contribution in [1.29, 1.82) is 5.26 Å². The molecule has 1 aromatic carbocycles. The van der Waals surface area contributed by atoms with Crippen LogP contribution in [0.1, 0.15) is 23.9 Å². The van der Waals surface area contributed by atoms with Gasteiger partial charge >= 0.3 is 0 Å². The molecule has 0 spiro atoms. The van der Waals surface area contributed by atoms with Gasteiger partial charge in [0.1, 0.15) is 16.8 Å². The van der Waals surface area contributed by atoms with E-state index in [2.05, 4.69) is 21.4 Å². The van der Waals surface area contributed by atoms with Crippen LogP contribution in [-0.4, -0.2) is 9.97 Å². The smallest absolute Gasteiger partial charge is 0.134 e. The Morgan fingerprint density at radius 3 is 2.63 bits per heavy atom. The maximum absolute atomic E-state index is 8.73. The van der Waals surface area contributed by atoms with Crippen LogP contribution in [0.15, 0.2) is 30.3 Å². The summed E-state index contributed by atoms with van der Waals surface area (Å²) >= 11 is 5.92. The van der Waals surface area contributed by atoms with E-state index in [1.54, 1.807) is 18.2 Å². The molecule has 1 heterocycles. The fourth-order valence-electron chi connectivity index (χ4n) is 1.60. The SMILES string of the molecule is CCc1nc(Cl)cc(NCc2ccc(C#N)cc2)n1. The highest BCUT2D eigenvalue weighted by molar-refractivity contribution is 6.29. The number of rotatable bonds is 4. The summed E-state index contributed by atoms with van der Waals surface area (Å²) in [6.07, 6.45) is 0.742. The Labute approximate surface area is 117 Å². The molecule has 0 bridgehead atoms. The molecule has 2 rings (SSSR count). The maximum Gasteiger partial charge on any atom is 0.134 e. The zero-order chi connectivity index (χ0) is 13.7. The average Bonchev–Trinajstić information content (AvgIpc) is 2.45. The van der Waals surface area contributed by atoms with Gasteiger partial charge in [-0.05, 0) is 17.7 Å². The molecule has 19 heavy (non-hydrogen) atoms. The third kappa shape index (κ3) is 3.67. The predicted molar refractivity (Wildman–Crippen MR) is 74.9 cm³/mol. The van der Waals surface area contributed by atoms with Crippen molar-refractivity contribution in [3.63, 3.8) is 0 Å². The molecule has 0 saturated heterocycles. The van der Waals surface area contributed by atoms with E-state index in [9.17, 15) is 0 Å². The number of anilines is 1. The minimum Gasteiger partial charge on any atom is -0.366 e. The third-order valence-electron chi connectivity index (χ3n) is 2.61. The maximum atomic E-state index is 8.73. The molecule has 0 atom stereocenters. The molecule has 5 heteroatoms. The molecule has 0 saturated carbocycles. The Balaban J connectivity index is 2.05. The molecule has 0 amide bonds. The van der Waals surface area contributed by atoms with Gasteiger partial charge in [-0.15, -0.1) is 0 Å². The van der Waals surface area contributed by atoms with Crippen molar-refractivity contribution in [2.45, 2.75) is 19.9 Å². The summed E-state index contributed by atoms with van der Waals surface area (Å²) < 4.78 is 0. The van der Waals surface area contributed by atoms with Crippen LogP contribution >= 0.6 is 11.6 Å². The summed E-state index contributed by atoms with van der Waals surface area (Å²) in [5.74, 6) is 1.43. The van der Waals surface area contributed by atoms with Crippen LogP contribution < -0.4 is 5.32 Å². The topological polar surface area (TPSA) is 61.6 Å². The van der Waals surface area contributed by atoms with Gasteiger partial charge in [0.2, 0.25) is 0 Å². The van der Waals surface area contributed by atoms with Crippen molar-refractivity contribution < 1.29 is 0 Å². The van der Waals surface area contributed by atoms with Gasteiger partial charge in [-0.2, -0.15) is 5.26 Å². The predicted octanol–water partition coefficient (Wildman–Crippen LogP) is 3.18. The van der Waals surface area contributed by atoms with Crippen molar-refractivity contribution in [3.8, 4) is 6.07 Å². The van der Waals surface area contributed by atoms with Gasteiger partial charge in [-0.3, -0.25) is 0 Å². The molecule has 0 radical (unpaired) electrons. The zero-order valence-corrected chi connectivity index (χ0v) is 11.3. The second kappa shape index (κ2) is 6.17. The van der Waals surface area contributed by atoms with Gasteiger partial charge in [-0.1, -0.05) is 30.7 Å². The van der Waals surface area contributed by atoms with Gasteiger partial charge in [0.25, 0.3) is 0 Å². The van der Waals surface area contributed by atoms with Gasteiger partial charge < -0.3 is 5.32 Å². The molecular weight excluding hydrogens is 260 g/mol. The highest BCUT2D eigenvalue weighted by Gasteiger charge is 2.02. The summed E-state index contributed by atoms with van der Waals surface area (Å²) in [7, 11) is 0. The minimum atomic E-state index is 0.439. The van der Waals surface area contributed by atoms with Gasteiger partial charge in [0.15, 0.2) is 0 Å². The van der Waals surface area contributed by atoms with Crippen LogP contribution in [0.2, 0.25) is 5.15 Å². The van der Waals surface area contributed by atoms with Crippen molar-refractivity contribution in [2.24, 2.45) is 0 Å². The summed E-state index contributed by atoms with van der Waals surface area (Å²) in [5, 5.41) is 12.4. The fourth-order valence-corrected chi connectivity index (χ4v) is 1.80. The fraction of sp³-hybridized carbons (Fsp3) is 0.214. The molecular formula is C14H13ClN4. The monoisotopic (exact) mass is 272 g/mol. The van der Waals surface area contributed by atoms with E-state index in [-0.39, 0.29) is 0 Å². The Kier molecular flexibility index (Phi) is 4.32. The van der Waals surface area contributed by atoms with Crippen molar-refractivity contribution >= 4 is 17.4 Å². The first-order valence-electron chi connectivity index (χ1n) is 5.97. The quantitative estimate of drug-likeness (QED) is 0.869. The number of hydrogen-bond acceptors (Lipinski definition) is 4. The number of halogens is 1. The van der Waals surface area contributed by atoms with Gasteiger partial charge in [-0.25, -0.2) is 9.97 Å². The molecule has 0 fully saturated rings. The van der Waals surface area contributed by atoms with E-state index in [1.807, 2.05) is 19.1 Å². The molecule has 1 N–H and O–H groups in total. The molecule has 4 nitrogen and oxygen atoms in total. The van der Waals surface area contributed by atoms with Crippen LogP contribution in [0.5, 0.6) is 0 Å². The largest absolute Gasteiger partial charge is 0.366 e. The van der Waals surface area contributed by atoms with E-state index in [0.717, 1.165) is 17.8 Å². The first-order chi connectivity index (χ1) is 9.21. The Hall–Kier alpha value is -2.12. The number of aryl methyl sites for hydroxylation is 1. The second-order valence-corrected chi connectivity index (χ2v) is 4.40. The highest BCUT2D eigenvalue weighted by atomic mass is 35.5. The lowest BCUT2D eigenvalue weighted by atomic mass is 10.1. The normalized spacial score (nSPS) is 9.95. The molecule has 0 unspecified atom stereocenters. The lowest BCUT2D eigenvalue weighted by molar-refractivity contribution is 0.933. The van der Waals surface area contributed by atoms with E-state index < -0.39 is 0 Å². The summed E-state index contributed by atoms with van der Waals surface area (Å²) in [6, 6.07) is 11.2. The van der Waals surface area contributed by atoms with E-state index >= 15 is 0 Å². The lowest BCUT2D eigenvalue weighted by Gasteiger charge is -2.07. The number of nitriles is 1.